The van der Waals surface area contributed by atoms with Gasteiger partial charge in [-0.2, -0.15) is 0 Å². The molecule has 0 saturated carbocycles. The second-order valence-corrected chi connectivity index (χ2v) is 5.13. The monoisotopic (exact) mass is 309 g/mol. The fraction of sp³-hybridized carbons (Fsp3) is 0.250. The molecule has 0 heterocycles. The molecule has 0 fully saturated rings. The van der Waals surface area contributed by atoms with Gasteiger partial charge in [0.05, 0.1) is 7.11 Å². The van der Waals surface area contributed by atoms with Crippen molar-refractivity contribution in [2.75, 3.05) is 7.11 Å². The van der Waals surface area contributed by atoms with Crippen molar-refractivity contribution in [2.45, 2.75) is 19.6 Å². The number of rotatable bonds is 5. The van der Waals surface area contributed by atoms with Crippen LogP contribution in [-0.2, 0) is 6.61 Å². The van der Waals surface area contributed by atoms with E-state index in [9.17, 15) is 4.39 Å². The lowest BCUT2D eigenvalue weighted by atomic mass is 10.1. The van der Waals surface area contributed by atoms with E-state index in [1.54, 1.807) is 36.4 Å². The van der Waals surface area contributed by atoms with Crippen LogP contribution >= 0.6 is 11.6 Å². The maximum Gasteiger partial charge on any atom is 0.171 e. The summed E-state index contributed by atoms with van der Waals surface area (Å²) < 4.78 is 24.7. The number of ether oxygens (including phenoxy) is 2. The predicted molar refractivity (Wildman–Crippen MR) is 81.3 cm³/mol. The molecule has 2 aromatic carbocycles. The largest absolute Gasteiger partial charge is 0.494 e. The summed E-state index contributed by atoms with van der Waals surface area (Å²) in [5.74, 6) is 0.368. The SMILES string of the molecule is COc1cccc(COc2ccc(Cl)cc2[C@H](C)N)c1F. The van der Waals surface area contributed by atoms with Crippen LogP contribution in [-0.4, -0.2) is 7.11 Å². The molecule has 0 saturated heterocycles. The number of nitrogens with two attached hydrogens (primary N) is 1. The van der Waals surface area contributed by atoms with E-state index in [0.29, 0.717) is 16.3 Å². The minimum absolute atomic E-state index is 0.0877. The molecule has 0 bridgehead atoms. The first-order chi connectivity index (χ1) is 10.0. The third kappa shape index (κ3) is 3.65. The van der Waals surface area contributed by atoms with Gasteiger partial charge in [0.1, 0.15) is 12.4 Å². The summed E-state index contributed by atoms with van der Waals surface area (Å²) in [5, 5.41) is 0.585. The van der Waals surface area contributed by atoms with E-state index in [1.807, 2.05) is 6.92 Å². The molecule has 2 aromatic rings. The van der Waals surface area contributed by atoms with Gasteiger partial charge >= 0.3 is 0 Å². The Bertz CT molecular complexity index is 632. The zero-order chi connectivity index (χ0) is 15.4. The second kappa shape index (κ2) is 6.78. The van der Waals surface area contributed by atoms with Crippen LogP contribution < -0.4 is 15.2 Å². The zero-order valence-electron chi connectivity index (χ0n) is 11.9. The van der Waals surface area contributed by atoms with Crippen LogP contribution in [0, 0.1) is 5.82 Å². The summed E-state index contributed by atoms with van der Waals surface area (Å²) in [6, 6.07) is 9.91. The third-order valence-electron chi connectivity index (χ3n) is 3.11. The maximum atomic E-state index is 14.0. The molecule has 5 heteroatoms. The molecule has 0 radical (unpaired) electrons. The topological polar surface area (TPSA) is 44.5 Å². The van der Waals surface area contributed by atoms with Crippen LogP contribution in [0.5, 0.6) is 11.5 Å². The molecule has 0 aliphatic carbocycles. The number of methoxy groups -OCH3 is 1. The highest BCUT2D eigenvalue weighted by Gasteiger charge is 2.12. The lowest BCUT2D eigenvalue weighted by Crippen LogP contribution is -2.08. The first-order valence-corrected chi connectivity index (χ1v) is 6.90. The van der Waals surface area contributed by atoms with E-state index in [1.165, 1.54) is 7.11 Å². The minimum atomic E-state index is -0.420. The van der Waals surface area contributed by atoms with E-state index in [4.69, 9.17) is 26.8 Å². The Labute approximate surface area is 128 Å². The standard InChI is InChI=1S/C16H17ClFNO2/c1-10(19)13-8-12(17)6-7-14(13)21-9-11-4-3-5-15(20-2)16(11)18/h3-8,10H,9,19H2,1-2H3/t10-/m0/s1. The molecule has 0 aliphatic rings. The third-order valence-corrected chi connectivity index (χ3v) is 3.34. The van der Waals surface area contributed by atoms with Crippen molar-refractivity contribution < 1.29 is 13.9 Å². The zero-order valence-corrected chi connectivity index (χ0v) is 12.7. The molecular weight excluding hydrogens is 293 g/mol. The molecule has 3 nitrogen and oxygen atoms in total. The average molecular weight is 310 g/mol. The van der Waals surface area contributed by atoms with Crippen molar-refractivity contribution in [3.05, 3.63) is 58.4 Å². The Morgan fingerprint density at radius 1 is 1.24 bits per heavy atom. The Balaban J connectivity index is 2.21. The first-order valence-electron chi connectivity index (χ1n) is 6.52. The highest BCUT2D eigenvalue weighted by atomic mass is 35.5. The summed E-state index contributed by atoms with van der Waals surface area (Å²) in [6.45, 7) is 1.93. The van der Waals surface area contributed by atoms with Gasteiger partial charge < -0.3 is 15.2 Å². The summed E-state index contributed by atoms with van der Waals surface area (Å²) in [7, 11) is 1.43. The van der Waals surface area contributed by atoms with Gasteiger partial charge in [0.15, 0.2) is 11.6 Å². The van der Waals surface area contributed by atoms with Gasteiger partial charge in [-0.05, 0) is 31.2 Å². The van der Waals surface area contributed by atoms with E-state index in [0.717, 1.165) is 5.56 Å². The van der Waals surface area contributed by atoms with E-state index < -0.39 is 5.82 Å². The van der Waals surface area contributed by atoms with Crippen molar-refractivity contribution in [3.8, 4) is 11.5 Å². The van der Waals surface area contributed by atoms with Gasteiger partial charge in [0, 0.05) is 22.2 Å². The average Bonchev–Trinajstić information content (AvgIpc) is 2.47. The Morgan fingerprint density at radius 3 is 2.67 bits per heavy atom. The van der Waals surface area contributed by atoms with Crippen molar-refractivity contribution in [2.24, 2.45) is 5.73 Å². The van der Waals surface area contributed by atoms with Gasteiger partial charge in [-0.1, -0.05) is 23.7 Å². The van der Waals surface area contributed by atoms with Crippen molar-refractivity contribution in [1.82, 2.24) is 0 Å². The smallest absolute Gasteiger partial charge is 0.171 e. The maximum absolute atomic E-state index is 14.0. The number of halogens is 2. The molecule has 0 unspecified atom stereocenters. The molecule has 112 valence electrons. The summed E-state index contributed by atoms with van der Waals surface area (Å²) in [5.41, 5.74) is 7.09. The fourth-order valence-electron chi connectivity index (χ4n) is 1.99. The highest BCUT2D eigenvalue weighted by molar-refractivity contribution is 6.30. The Kier molecular flexibility index (Phi) is 5.04. The van der Waals surface area contributed by atoms with Crippen molar-refractivity contribution >= 4 is 11.6 Å². The number of hydrogen-bond acceptors (Lipinski definition) is 3. The lowest BCUT2D eigenvalue weighted by Gasteiger charge is -2.15. The lowest BCUT2D eigenvalue weighted by molar-refractivity contribution is 0.291. The van der Waals surface area contributed by atoms with Crippen LogP contribution in [0.15, 0.2) is 36.4 Å². The second-order valence-electron chi connectivity index (χ2n) is 4.69. The Morgan fingerprint density at radius 2 is 2.00 bits per heavy atom. The van der Waals surface area contributed by atoms with Gasteiger partial charge in [-0.25, -0.2) is 4.39 Å². The Hall–Kier alpha value is -1.78. The molecule has 1 atom stereocenters. The quantitative estimate of drug-likeness (QED) is 0.905. The summed E-state index contributed by atoms with van der Waals surface area (Å²) in [6.07, 6.45) is 0. The molecule has 0 spiro atoms. The van der Waals surface area contributed by atoms with Crippen molar-refractivity contribution in [1.29, 1.82) is 0 Å². The van der Waals surface area contributed by atoms with Crippen LogP contribution in [0.4, 0.5) is 4.39 Å². The molecule has 0 aromatic heterocycles. The molecule has 0 amide bonds. The van der Waals surface area contributed by atoms with E-state index >= 15 is 0 Å². The highest BCUT2D eigenvalue weighted by Crippen LogP contribution is 2.29. The van der Waals surface area contributed by atoms with Crippen molar-refractivity contribution in [3.63, 3.8) is 0 Å². The van der Waals surface area contributed by atoms with Crippen LogP contribution in [0.25, 0.3) is 0 Å². The summed E-state index contributed by atoms with van der Waals surface area (Å²) in [4.78, 5) is 0. The van der Waals surface area contributed by atoms with Gasteiger partial charge in [0.25, 0.3) is 0 Å². The number of hydrogen-bond donors (Lipinski definition) is 1. The van der Waals surface area contributed by atoms with Gasteiger partial charge in [-0.3, -0.25) is 0 Å². The molecule has 2 rings (SSSR count). The van der Waals surface area contributed by atoms with Crippen LogP contribution in [0.1, 0.15) is 24.1 Å². The van der Waals surface area contributed by atoms with Crippen LogP contribution in [0.2, 0.25) is 5.02 Å². The van der Waals surface area contributed by atoms with Crippen LogP contribution in [0.3, 0.4) is 0 Å². The fourth-order valence-corrected chi connectivity index (χ4v) is 2.17. The molecule has 0 aliphatic heterocycles. The van der Waals surface area contributed by atoms with Gasteiger partial charge in [0.2, 0.25) is 0 Å². The normalized spacial score (nSPS) is 12.0. The predicted octanol–water partition coefficient (Wildman–Crippen LogP) is 4.09. The summed E-state index contributed by atoms with van der Waals surface area (Å²) >= 11 is 5.96. The van der Waals surface area contributed by atoms with E-state index in [-0.39, 0.29) is 18.4 Å². The molecule has 21 heavy (non-hydrogen) atoms. The van der Waals surface area contributed by atoms with E-state index in [2.05, 4.69) is 0 Å². The number of benzene rings is 2. The minimum Gasteiger partial charge on any atom is -0.494 e. The first kappa shape index (κ1) is 15.6. The molecular formula is C16H17ClFNO2. The molecule has 2 N–H and O–H groups in total. The van der Waals surface area contributed by atoms with Gasteiger partial charge in [-0.15, -0.1) is 0 Å².